The molecular formula is C38H32BrClN2O4S. The number of carbonyl (C=O) groups is 1. The second kappa shape index (κ2) is 14.3. The van der Waals surface area contributed by atoms with Crippen molar-refractivity contribution in [1.82, 2.24) is 4.57 Å². The maximum Gasteiger partial charge on any atom is 0.338 e. The summed E-state index contributed by atoms with van der Waals surface area (Å²) in [6, 6.07) is 30.1. The predicted molar refractivity (Wildman–Crippen MR) is 192 cm³/mol. The van der Waals surface area contributed by atoms with Crippen molar-refractivity contribution in [2.24, 2.45) is 4.99 Å². The molecule has 0 radical (unpaired) electrons. The summed E-state index contributed by atoms with van der Waals surface area (Å²) in [6.45, 7) is 6.59. The second-order valence-corrected chi connectivity index (χ2v) is 13.7. The largest absolute Gasteiger partial charge is 0.488 e. The SMILES string of the molecule is CCOC(=O)C1=C(c2ccccc2)N=c2s/c(=C\c3ccc(OCc4cccc(Cl)c4)c(Br)c3)c(=O)n2[C@@H]1c1ccc(C(C)C)cc1. The molecule has 4 aromatic carbocycles. The number of rotatable bonds is 9. The van der Waals surface area contributed by atoms with Gasteiger partial charge in [0, 0.05) is 10.6 Å². The molecule has 238 valence electrons. The van der Waals surface area contributed by atoms with Crippen LogP contribution in [-0.4, -0.2) is 17.1 Å². The minimum atomic E-state index is -0.724. The second-order valence-electron chi connectivity index (χ2n) is 11.4. The topological polar surface area (TPSA) is 69.9 Å². The molecule has 2 heterocycles. The van der Waals surface area contributed by atoms with Crippen molar-refractivity contribution >= 4 is 56.6 Å². The number of thiazole rings is 1. The average molecular weight is 728 g/mol. The van der Waals surface area contributed by atoms with Crippen molar-refractivity contribution in [2.45, 2.75) is 39.3 Å². The van der Waals surface area contributed by atoms with Crippen LogP contribution in [-0.2, 0) is 16.1 Å². The van der Waals surface area contributed by atoms with Crippen molar-refractivity contribution in [3.05, 3.63) is 160 Å². The van der Waals surface area contributed by atoms with Gasteiger partial charge in [-0.05, 0) is 81.4 Å². The van der Waals surface area contributed by atoms with Gasteiger partial charge in [0.1, 0.15) is 12.4 Å². The van der Waals surface area contributed by atoms with Gasteiger partial charge in [0.15, 0.2) is 4.80 Å². The highest BCUT2D eigenvalue weighted by molar-refractivity contribution is 9.10. The van der Waals surface area contributed by atoms with Gasteiger partial charge >= 0.3 is 5.97 Å². The molecule has 5 aromatic rings. The lowest BCUT2D eigenvalue weighted by Gasteiger charge is -2.26. The fourth-order valence-electron chi connectivity index (χ4n) is 5.48. The number of ether oxygens (including phenoxy) is 2. The predicted octanol–water partition coefficient (Wildman–Crippen LogP) is 8.05. The van der Waals surface area contributed by atoms with E-state index >= 15 is 0 Å². The van der Waals surface area contributed by atoms with E-state index in [4.69, 9.17) is 26.1 Å². The van der Waals surface area contributed by atoms with Crippen LogP contribution in [0, 0.1) is 0 Å². The number of carbonyl (C=O) groups excluding carboxylic acids is 1. The Morgan fingerprint density at radius 1 is 1.02 bits per heavy atom. The lowest BCUT2D eigenvalue weighted by molar-refractivity contribution is -0.138. The van der Waals surface area contributed by atoms with Crippen LogP contribution in [0.5, 0.6) is 5.75 Å². The van der Waals surface area contributed by atoms with E-state index in [2.05, 4.69) is 29.8 Å². The Kier molecular flexibility index (Phi) is 9.92. The van der Waals surface area contributed by atoms with Crippen LogP contribution < -0.4 is 19.6 Å². The maximum atomic E-state index is 14.2. The van der Waals surface area contributed by atoms with Crippen LogP contribution in [0.15, 0.2) is 117 Å². The Morgan fingerprint density at radius 2 is 1.79 bits per heavy atom. The smallest absolute Gasteiger partial charge is 0.338 e. The van der Waals surface area contributed by atoms with Crippen LogP contribution >= 0.6 is 38.9 Å². The van der Waals surface area contributed by atoms with Gasteiger partial charge in [0.25, 0.3) is 5.56 Å². The molecule has 1 aromatic heterocycles. The van der Waals surface area contributed by atoms with Crippen LogP contribution in [0.25, 0.3) is 11.8 Å². The Morgan fingerprint density at radius 3 is 2.47 bits per heavy atom. The summed E-state index contributed by atoms with van der Waals surface area (Å²) >= 11 is 11.0. The number of hydrogen-bond acceptors (Lipinski definition) is 6. The lowest BCUT2D eigenvalue weighted by Crippen LogP contribution is -2.40. The van der Waals surface area contributed by atoms with Crippen LogP contribution in [0.3, 0.4) is 0 Å². The fraction of sp³-hybridized carbons (Fsp3) is 0.184. The van der Waals surface area contributed by atoms with E-state index in [1.165, 1.54) is 11.3 Å². The molecule has 0 saturated heterocycles. The highest BCUT2D eigenvalue weighted by Gasteiger charge is 2.35. The first-order valence-electron chi connectivity index (χ1n) is 15.3. The molecule has 0 unspecified atom stereocenters. The van der Waals surface area contributed by atoms with Gasteiger partial charge in [-0.25, -0.2) is 9.79 Å². The lowest BCUT2D eigenvalue weighted by atomic mass is 9.91. The molecule has 6 rings (SSSR count). The Hall–Kier alpha value is -4.24. The fourth-order valence-corrected chi connectivity index (χ4v) is 7.21. The highest BCUT2D eigenvalue weighted by atomic mass is 79.9. The normalized spacial score (nSPS) is 14.6. The van der Waals surface area contributed by atoms with E-state index in [0.717, 1.165) is 32.3 Å². The van der Waals surface area contributed by atoms with E-state index in [9.17, 15) is 9.59 Å². The Labute approximate surface area is 290 Å². The summed E-state index contributed by atoms with van der Waals surface area (Å²) in [4.78, 5) is 33.4. The summed E-state index contributed by atoms with van der Waals surface area (Å²) in [7, 11) is 0. The van der Waals surface area contributed by atoms with E-state index in [1.54, 1.807) is 11.5 Å². The molecule has 9 heteroatoms. The van der Waals surface area contributed by atoms with Gasteiger partial charge in [0.05, 0.1) is 32.9 Å². The number of benzene rings is 4. The monoisotopic (exact) mass is 726 g/mol. The van der Waals surface area contributed by atoms with Crippen molar-refractivity contribution in [3.8, 4) is 5.75 Å². The minimum absolute atomic E-state index is 0.196. The van der Waals surface area contributed by atoms with Gasteiger partial charge in [-0.15, -0.1) is 0 Å². The minimum Gasteiger partial charge on any atom is -0.488 e. The standard InChI is InChI=1S/C38H32BrClN2O4S/c1-4-45-37(44)33-34(27-10-6-5-7-11-27)41-38-42(35(33)28-16-14-26(15-17-28)23(2)3)36(43)32(47-38)21-24-13-18-31(30(39)20-24)46-22-25-9-8-12-29(40)19-25/h5-21,23,35H,4,22H2,1-3H3/b32-21-/t35-/m1/s1. The van der Waals surface area contributed by atoms with Crippen molar-refractivity contribution in [1.29, 1.82) is 0 Å². The number of fused-ring (bicyclic) bond motifs is 1. The summed E-state index contributed by atoms with van der Waals surface area (Å²) in [5.41, 5.74) is 5.10. The van der Waals surface area contributed by atoms with E-state index in [1.807, 2.05) is 103 Å². The number of esters is 1. The number of aromatic nitrogens is 1. The van der Waals surface area contributed by atoms with Gasteiger partial charge in [-0.1, -0.05) is 110 Å². The highest BCUT2D eigenvalue weighted by Crippen LogP contribution is 2.36. The maximum absolute atomic E-state index is 14.2. The van der Waals surface area contributed by atoms with Crippen molar-refractivity contribution in [3.63, 3.8) is 0 Å². The summed E-state index contributed by atoms with van der Waals surface area (Å²) < 4.78 is 14.5. The number of nitrogens with zero attached hydrogens (tertiary/aromatic N) is 2. The van der Waals surface area contributed by atoms with Gasteiger partial charge < -0.3 is 9.47 Å². The zero-order chi connectivity index (χ0) is 33.1. The number of hydrogen-bond donors (Lipinski definition) is 0. The van der Waals surface area contributed by atoms with Crippen LogP contribution in [0.2, 0.25) is 5.02 Å². The van der Waals surface area contributed by atoms with Crippen molar-refractivity contribution < 1.29 is 14.3 Å². The first kappa shape index (κ1) is 32.7. The van der Waals surface area contributed by atoms with E-state index < -0.39 is 12.0 Å². The molecule has 0 N–H and O–H groups in total. The molecule has 1 aliphatic heterocycles. The molecular weight excluding hydrogens is 696 g/mol. The molecule has 0 amide bonds. The molecule has 0 saturated carbocycles. The van der Waals surface area contributed by atoms with E-state index in [0.29, 0.717) is 43.9 Å². The first-order valence-corrected chi connectivity index (χ1v) is 17.3. The zero-order valence-electron chi connectivity index (χ0n) is 26.1. The third-order valence-electron chi connectivity index (χ3n) is 7.83. The van der Waals surface area contributed by atoms with Crippen LogP contribution in [0.1, 0.15) is 60.5 Å². The Balaban J connectivity index is 1.46. The van der Waals surface area contributed by atoms with Gasteiger partial charge in [0.2, 0.25) is 0 Å². The summed E-state index contributed by atoms with van der Waals surface area (Å²) in [5.74, 6) is 0.499. The molecule has 1 atom stereocenters. The quantitative estimate of drug-likeness (QED) is 0.144. The van der Waals surface area contributed by atoms with Gasteiger partial charge in [-0.2, -0.15) is 0 Å². The molecule has 47 heavy (non-hydrogen) atoms. The third-order valence-corrected chi connectivity index (χ3v) is 9.67. The molecule has 0 fully saturated rings. The van der Waals surface area contributed by atoms with Gasteiger partial charge in [-0.3, -0.25) is 9.36 Å². The first-order chi connectivity index (χ1) is 22.7. The molecule has 0 spiro atoms. The Bertz CT molecular complexity index is 2150. The average Bonchev–Trinajstić information content (AvgIpc) is 3.38. The molecule has 0 aliphatic carbocycles. The molecule has 1 aliphatic rings. The summed E-state index contributed by atoms with van der Waals surface area (Å²) in [6.07, 6.45) is 1.84. The van der Waals surface area contributed by atoms with E-state index in [-0.39, 0.29) is 12.2 Å². The molecule has 0 bridgehead atoms. The van der Waals surface area contributed by atoms with Crippen LogP contribution in [0.4, 0.5) is 0 Å². The third kappa shape index (κ3) is 7.05. The summed E-state index contributed by atoms with van der Waals surface area (Å²) in [5, 5.41) is 0.655. The molecule has 6 nitrogen and oxygen atoms in total. The van der Waals surface area contributed by atoms with Crippen molar-refractivity contribution in [2.75, 3.05) is 6.61 Å². The zero-order valence-corrected chi connectivity index (χ0v) is 29.2. The number of halogens is 2.